The molecule has 6 nitrogen and oxygen atoms in total. The molecule has 158 valence electrons. The summed E-state index contributed by atoms with van der Waals surface area (Å²) < 4.78 is 44.1. The third-order valence-electron chi connectivity index (χ3n) is 4.01. The number of carbonyl (C=O) groups excluding carboxylic acids is 2. The molecule has 0 aliphatic carbocycles. The molecule has 1 N–H and O–H groups in total. The highest BCUT2D eigenvalue weighted by Gasteiger charge is 2.33. The number of halogens is 4. The van der Waals surface area contributed by atoms with Gasteiger partial charge in [0.25, 0.3) is 5.91 Å². The number of hydrogen-bond donors (Lipinski definition) is 1. The van der Waals surface area contributed by atoms with Crippen LogP contribution in [0.25, 0.3) is 10.8 Å². The van der Waals surface area contributed by atoms with Crippen molar-refractivity contribution in [3.63, 3.8) is 0 Å². The van der Waals surface area contributed by atoms with Gasteiger partial charge >= 0.3 is 6.18 Å². The highest BCUT2D eigenvalue weighted by atomic mass is 35.5. The molecular weight excluding hydrogens is 443 g/mol. The molecule has 0 saturated carbocycles. The van der Waals surface area contributed by atoms with Crippen molar-refractivity contribution < 1.29 is 27.2 Å². The Morgan fingerprint density at radius 2 is 2.03 bits per heavy atom. The minimum absolute atomic E-state index is 0.0810. The first-order chi connectivity index (χ1) is 14.1. The number of alkyl halides is 3. The van der Waals surface area contributed by atoms with E-state index >= 15 is 0 Å². The van der Waals surface area contributed by atoms with E-state index in [9.17, 15) is 22.8 Å². The van der Waals surface area contributed by atoms with Gasteiger partial charge in [-0.15, -0.1) is 11.3 Å². The standard InChI is InChI=1S/C19H15ClF3N3O3S/c1-10-16(25-17(30-10)14-4-3-7-29-14)18(28)26(2)9-15(27)24-11-5-6-13(20)12(8-11)19(21,22)23/h3-8H,9H2,1-2H3,(H,24,27). The minimum atomic E-state index is -4.65. The van der Waals surface area contributed by atoms with Crippen LogP contribution in [0, 0.1) is 6.92 Å². The van der Waals surface area contributed by atoms with Gasteiger partial charge in [-0.05, 0) is 37.3 Å². The van der Waals surface area contributed by atoms with Crippen molar-refractivity contribution >= 4 is 40.4 Å². The molecule has 0 radical (unpaired) electrons. The average Bonchev–Trinajstić information content (AvgIpc) is 3.31. The third kappa shape index (κ3) is 4.82. The van der Waals surface area contributed by atoms with Crippen LogP contribution in [0.15, 0.2) is 41.0 Å². The molecular formula is C19H15ClF3N3O3S. The molecule has 11 heteroatoms. The molecule has 0 bridgehead atoms. The van der Waals surface area contributed by atoms with Gasteiger partial charge in [0, 0.05) is 17.6 Å². The summed E-state index contributed by atoms with van der Waals surface area (Å²) >= 11 is 6.84. The summed E-state index contributed by atoms with van der Waals surface area (Å²) in [6, 6.07) is 6.44. The first-order valence-corrected chi connectivity index (χ1v) is 9.69. The molecule has 30 heavy (non-hydrogen) atoms. The second kappa shape index (κ2) is 8.49. The highest BCUT2D eigenvalue weighted by Crippen LogP contribution is 2.36. The predicted octanol–water partition coefficient (Wildman–Crippen LogP) is 5.09. The zero-order valence-corrected chi connectivity index (χ0v) is 17.3. The second-order valence-electron chi connectivity index (χ2n) is 6.30. The predicted molar refractivity (Wildman–Crippen MR) is 107 cm³/mol. The number of aryl methyl sites for hydroxylation is 1. The van der Waals surface area contributed by atoms with Gasteiger partial charge in [0.15, 0.2) is 10.8 Å². The van der Waals surface area contributed by atoms with Gasteiger partial charge in [0.1, 0.15) is 5.69 Å². The van der Waals surface area contributed by atoms with Crippen molar-refractivity contribution in [1.82, 2.24) is 9.88 Å². The van der Waals surface area contributed by atoms with Gasteiger partial charge in [0.05, 0.1) is 23.4 Å². The highest BCUT2D eigenvalue weighted by molar-refractivity contribution is 7.15. The van der Waals surface area contributed by atoms with E-state index in [-0.39, 0.29) is 17.9 Å². The summed E-state index contributed by atoms with van der Waals surface area (Å²) in [4.78, 5) is 30.9. The van der Waals surface area contributed by atoms with Crippen LogP contribution in [0.5, 0.6) is 0 Å². The Labute approximate surface area is 178 Å². The number of carbonyl (C=O) groups is 2. The number of likely N-dealkylation sites (N-methyl/N-ethyl adjacent to an activating group) is 1. The van der Waals surface area contributed by atoms with Crippen molar-refractivity contribution in [2.45, 2.75) is 13.1 Å². The fraction of sp³-hybridized carbons (Fsp3) is 0.211. The molecule has 3 rings (SSSR count). The van der Waals surface area contributed by atoms with Gasteiger partial charge < -0.3 is 14.6 Å². The molecule has 0 saturated heterocycles. The fourth-order valence-corrected chi connectivity index (χ4v) is 3.69. The molecule has 2 heterocycles. The first kappa shape index (κ1) is 21.8. The Bertz CT molecular complexity index is 1080. The number of furan rings is 1. The van der Waals surface area contributed by atoms with Crippen LogP contribution >= 0.6 is 22.9 Å². The number of thiazole rings is 1. The molecule has 0 aliphatic rings. The molecule has 0 atom stereocenters. The zero-order chi connectivity index (χ0) is 22.1. The Kier molecular flexibility index (Phi) is 6.18. The molecule has 0 aliphatic heterocycles. The monoisotopic (exact) mass is 457 g/mol. The normalized spacial score (nSPS) is 11.4. The van der Waals surface area contributed by atoms with E-state index in [1.807, 2.05) is 0 Å². The van der Waals surface area contributed by atoms with Gasteiger partial charge in [0.2, 0.25) is 5.91 Å². The maximum absolute atomic E-state index is 12.9. The average molecular weight is 458 g/mol. The van der Waals surface area contributed by atoms with Crippen LogP contribution in [0.4, 0.5) is 18.9 Å². The number of amides is 2. The summed E-state index contributed by atoms with van der Waals surface area (Å²) in [5.74, 6) is -0.644. The second-order valence-corrected chi connectivity index (χ2v) is 7.91. The van der Waals surface area contributed by atoms with Crippen LogP contribution in [-0.2, 0) is 11.0 Å². The molecule has 3 aromatic rings. The van der Waals surface area contributed by atoms with Gasteiger partial charge in [-0.2, -0.15) is 13.2 Å². The Morgan fingerprint density at radius 3 is 2.67 bits per heavy atom. The Hall–Kier alpha value is -2.85. The number of rotatable bonds is 5. The lowest BCUT2D eigenvalue weighted by Gasteiger charge is -2.17. The van der Waals surface area contributed by atoms with Crippen molar-refractivity contribution in [3.8, 4) is 10.8 Å². The third-order valence-corrected chi connectivity index (χ3v) is 5.33. The van der Waals surface area contributed by atoms with E-state index in [4.69, 9.17) is 16.0 Å². The van der Waals surface area contributed by atoms with Crippen molar-refractivity contribution in [2.75, 3.05) is 18.9 Å². The van der Waals surface area contributed by atoms with Crippen molar-refractivity contribution in [1.29, 1.82) is 0 Å². The molecule has 0 unspecified atom stereocenters. The smallest absolute Gasteiger partial charge is 0.417 e. The van der Waals surface area contributed by atoms with E-state index in [0.29, 0.717) is 15.6 Å². The lowest BCUT2D eigenvalue weighted by atomic mass is 10.2. The first-order valence-electron chi connectivity index (χ1n) is 8.49. The van der Waals surface area contributed by atoms with E-state index in [0.717, 1.165) is 17.0 Å². The molecule has 2 aromatic heterocycles. The Morgan fingerprint density at radius 1 is 1.30 bits per heavy atom. The maximum Gasteiger partial charge on any atom is 0.417 e. The summed E-state index contributed by atoms with van der Waals surface area (Å²) in [6.07, 6.45) is -3.16. The van der Waals surface area contributed by atoms with Crippen LogP contribution in [0.3, 0.4) is 0 Å². The molecule has 0 fully saturated rings. The lowest BCUT2D eigenvalue weighted by molar-refractivity contribution is -0.137. The molecule has 0 spiro atoms. The summed E-state index contributed by atoms with van der Waals surface area (Å²) in [5.41, 5.74) is -0.968. The number of nitrogens with one attached hydrogen (secondary N) is 1. The number of nitrogens with zero attached hydrogens (tertiary/aromatic N) is 2. The van der Waals surface area contributed by atoms with E-state index in [1.54, 1.807) is 19.1 Å². The summed E-state index contributed by atoms with van der Waals surface area (Å²) in [5, 5.41) is 2.39. The number of anilines is 1. The zero-order valence-electron chi connectivity index (χ0n) is 15.7. The van der Waals surface area contributed by atoms with Crippen molar-refractivity contribution in [3.05, 3.63) is 57.8 Å². The van der Waals surface area contributed by atoms with Crippen LogP contribution in [-0.4, -0.2) is 35.3 Å². The van der Waals surface area contributed by atoms with E-state index < -0.39 is 28.6 Å². The quantitative estimate of drug-likeness (QED) is 0.578. The summed E-state index contributed by atoms with van der Waals surface area (Å²) in [7, 11) is 1.40. The van der Waals surface area contributed by atoms with E-state index in [1.165, 1.54) is 30.7 Å². The van der Waals surface area contributed by atoms with Crippen LogP contribution in [0.2, 0.25) is 5.02 Å². The Balaban J connectivity index is 1.68. The lowest BCUT2D eigenvalue weighted by Crippen LogP contribution is -2.35. The number of aromatic nitrogens is 1. The van der Waals surface area contributed by atoms with Crippen molar-refractivity contribution in [2.24, 2.45) is 0 Å². The van der Waals surface area contributed by atoms with E-state index in [2.05, 4.69) is 10.3 Å². The number of hydrogen-bond acceptors (Lipinski definition) is 5. The largest absolute Gasteiger partial charge is 0.462 e. The molecule has 1 aromatic carbocycles. The fourth-order valence-electron chi connectivity index (χ4n) is 2.59. The van der Waals surface area contributed by atoms with Crippen LogP contribution < -0.4 is 5.32 Å². The van der Waals surface area contributed by atoms with Gasteiger partial charge in [-0.1, -0.05) is 11.6 Å². The molecule has 2 amide bonds. The summed E-state index contributed by atoms with van der Waals surface area (Å²) in [6.45, 7) is 1.34. The SMILES string of the molecule is Cc1sc(-c2ccco2)nc1C(=O)N(C)CC(=O)Nc1ccc(Cl)c(C(F)(F)F)c1. The van der Waals surface area contributed by atoms with Crippen LogP contribution in [0.1, 0.15) is 20.9 Å². The topological polar surface area (TPSA) is 75.4 Å². The minimum Gasteiger partial charge on any atom is -0.462 e. The number of benzene rings is 1. The van der Waals surface area contributed by atoms with Gasteiger partial charge in [-0.25, -0.2) is 4.98 Å². The van der Waals surface area contributed by atoms with Gasteiger partial charge in [-0.3, -0.25) is 9.59 Å². The maximum atomic E-state index is 12.9.